The molecule has 3 rings (SSSR count). The Kier molecular flexibility index (Phi) is 5.23. The molecule has 24 heavy (non-hydrogen) atoms. The van der Waals surface area contributed by atoms with Gasteiger partial charge in [-0.1, -0.05) is 78.9 Å². The standard InChI is InChI=1S/C23H28Si/c1-19(24(2,3)23-12-8-5-9-13-23)18-20-14-16-22(17-15-20)21-10-6-4-7-11-21/h4-13,22H,14-17H2,1-3H3. The van der Waals surface area contributed by atoms with Gasteiger partial charge < -0.3 is 0 Å². The van der Waals surface area contributed by atoms with Crippen molar-refractivity contribution in [2.24, 2.45) is 0 Å². The number of hydrogen-bond donors (Lipinski definition) is 0. The van der Waals surface area contributed by atoms with Crippen LogP contribution in [0, 0.1) is 0 Å². The predicted octanol–water partition coefficient (Wildman–Crippen LogP) is 5.97. The highest BCUT2D eigenvalue weighted by molar-refractivity contribution is 6.95. The van der Waals surface area contributed by atoms with Crippen LogP contribution in [0.25, 0.3) is 0 Å². The summed E-state index contributed by atoms with van der Waals surface area (Å²) in [5.41, 5.74) is 6.87. The van der Waals surface area contributed by atoms with Gasteiger partial charge in [-0.15, -0.1) is 5.73 Å². The largest absolute Gasteiger partial charge is 0.127 e. The zero-order chi connectivity index (χ0) is 17.0. The van der Waals surface area contributed by atoms with Crippen LogP contribution >= 0.6 is 0 Å². The van der Waals surface area contributed by atoms with E-state index in [1.807, 2.05) is 0 Å². The maximum absolute atomic E-state index is 3.82. The highest BCUT2D eigenvalue weighted by Crippen LogP contribution is 2.35. The molecule has 1 aliphatic carbocycles. The van der Waals surface area contributed by atoms with Crippen molar-refractivity contribution in [2.45, 2.75) is 51.6 Å². The summed E-state index contributed by atoms with van der Waals surface area (Å²) in [6.07, 6.45) is 4.95. The molecule has 0 heterocycles. The minimum Gasteiger partial charge on any atom is -0.127 e. The van der Waals surface area contributed by atoms with Crippen LogP contribution in [0.4, 0.5) is 0 Å². The van der Waals surface area contributed by atoms with Gasteiger partial charge in [0.1, 0.15) is 8.07 Å². The summed E-state index contributed by atoms with van der Waals surface area (Å²) >= 11 is 0. The second-order valence-electron chi connectivity index (χ2n) is 7.53. The summed E-state index contributed by atoms with van der Waals surface area (Å²) in [5, 5.41) is 3.00. The van der Waals surface area contributed by atoms with Crippen LogP contribution in [-0.4, -0.2) is 8.07 Å². The lowest BCUT2D eigenvalue weighted by atomic mass is 9.82. The molecule has 1 fully saturated rings. The molecule has 0 atom stereocenters. The van der Waals surface area contributed by atoms with Gasteiger partial charge in [0.15, 0.2) is 0 Å². The number of hydrogen-bond acceptors (Lipinski definition) is 0. The second-order valence-corrected chi connectivity index (χ2v) is 12.1. The van der Waals surface area contributed by atoms with Gasteiger partial charge in [-0.05, 0) is 54.9 Å². The molecule has 2 aromatic carbocycles. The van der Waals surface area contributed by atoms with Crippen LogP contribution in [0.5, 0.6) is 0 Å². The molecule has 0 unspecified atom stereocenters. The van der Waals surface area contributed by atoms with E-state index in [2.05, 4.69) is 86.4 Å². The highest BCUT2D eigenvalue weighted by atomic mass is 28.3. The Morgan fingerprint density at radius 3 is 2.00 bits per heavy atom. The van der Waals surface area contributed by atoms with Crippen LogP contribution in [-0.2, 0) is 0 Å². The van der Waals surface area contributed by atoms with Crippen molar-refractivity contribution in [1.82, 2.24) is 0 Å². The molecule has 1 aliphatic rings. The molecule has 1 heteroatoms. The predicted molar refractivity (Wildman–Crippen MR) is 107 cm³/mol. The van der Waals surface area contributed by atoms with Gasteiger partial charge in [0.25, 0.3) is 0 Å². The fourth-order valence-electron chi connectivity index (χ4n) is 3.64. The Morgan fingerprint density at radius 2 is 1.42 bits per heavy atom. The molecule has 2 aromatic rings. The maximum Gasteiger partial charge on any atom is 0.116 e. The van der Waals surface area contributed by atoms with Crippen molar-refractivity contribution in [3.05, 3.63) is 82.7 Å². The molecule has 0 saturated heterocycles. The molecule has 0 spiro atoms. The summed E-state index contributed by atoms with van der Waals surface area (Å²) in [5.74, 6) is 0.733. The molecule has 0 bridgehead atoms. The number of rotatable bonds is 3. The fraction of sp³-hybridized carbons (Fsp3) is 0.348. The molecule has 0 radical (unpaired) electrons. The Labute approximate surface area is 147 Å². The van der Waals surface area contributed by atoms with Gasteiger partial charge in [0.05, 0.1) is 0 Å². The van der Waals surface area contributed by atoms with E-state index >= 15 is 0 Å². The Bertz CT molecular complexity index is 724. The molecule has 0 aliphatic heterocycles. The van der Waals surface area contributed by atoms with E-state index in [4.69, 9.17) is 0 Å². The first kappa shape index (κ1) is 17.0. The first-order valence-electron chi connectivity index (χ1n) is 9.13. The van der Waals surface area contributed by atoms with Crippen LogP contribution in [0.1, 0.15) is 44.1 Å². The Balaban J connectivity index is 1.76. The molecule has 1 saturated carbocycles. The maximum atomic E-state index is 3.82. The fourth-order valence-corrected chi connectivity index (χ4v) is 5.59. The second kappa shape index (κ2) is 7.38. The van der Waals surface area contributed by atoms with Crippen molar-refractivity contribution in [3.63, 3.8) is 0 Å². The van der Waals surface area contributed by atoms with Crippen molar-refractivity contribution >= 4 is 13.3 Å². The smallest absolute Gasteiger partial charge is 0.116 e. The Hall–Kier alpha value is -1.82. The highest BCUT2D eigenvalue weighted by Gasteiger charge is 2.26. The zero-order valence-corrected chi connectivity index (χ0v) is 16.2. The van der Waals surface area contributed by atoms with E-state index in [0.717, 1.165) is 5.92 Å². The number of allylic oxidation sites excluding steroid dienone is 1. The van der Waals surface area contributed by atoms with Crippen LogP contribution in [0.2, 0.25) is 13.1 Å². The summed E-state index contributed by atoms with van der Waals surface area (Å²) in [4.78, 5) is 0. The first-order chi connectivity index (χ1) is 11.6. The molecule has 124 valence electrons. The quantitative estimate of drug-likeness (QED) is 0.480. The van der Waals surface area contributed by atoms with E-state index in [-0.39, 0.29) is 0 Å². The van der Waals surface area contributed by atoms with E-state index in [0.29, 0.717) is 0 Å². The molecule has 0 aromatic heterocycles. The van der Waals surface area contributed by atoms with Gasteiger partial charge in [-0.3, -0.25) is 0 Å². The first-order valence-corrected chi connectivity index (χ1v) is 12.1. The van der Waals surface area contributed by atoms with Gasteiger partial charge >= 0.3 is 0 Å². The molecule has 0 N–H and O–H groups in total. The van der Waals surface area contributed by atoms with E-state index in [1.54, 1.807) is 0 Å². The van der Waals surface area contributed by atoms with E-state index < -0.39 is 8.07 Å². The lowest BCUT2D eigenvalue weighted by Crippen LogP contribution is -2.42. The van der Waals surface area contributed by atoms with Gasteiger partial charge in [-0.2, -0.15) is 0 Å². The summed E-state index contributed by atoms with van der Waals surface area (Å²) in [6.45, 7) is 7.19. The van der Waals surface area contributed by atoms with Gasteiger partial charge in [-0.25, -0.2) is 0 Å². The SMILES string of the molecule is CC(=C=C1CCC(c2ccccc2)CC1)[Si](C)(C)c1ccccc1. The van der Waals surface area contributed by atoms with Crippen molar-refractivity contribution < 1.29 is 0 Å². The Morgan fingerprint density at radius 1 is 0.875 bits per heavy atom. The van der Waals surface area contributed by atoms with E-state index in [9.17, 15) is 0 Å². The topological polar surface area (TPSA) is 0 Å². The molecule has 0 nitrogen and oxygen atoms in total. The molecular weight excluding hydrogens is 304 g/mol. The van der Waals surface area contributed by atoms with Gasteiger partial charge in [0.2, 0.25) is 0 Å². The van der Waals surface area contributed by atoms with Gasteiger partial charge in [0, 0.05) is 0 Å². The average molecular weight is 333 g/mol. The monoisotopic (exact) mass is 332 g/mol. The summed E-state index contributed by atoms with van der Waals surface area (Å²) in [7, 11) is -1.56. The van der Waals surface area contributed by atoms with Crippen molar-refractivity contribution in [1.29, 1.82) is 0 Å². The summed E-state index contributed by atoms with van der Waals surface area (Å²) < 4.78 is 0. The van der Waals surface area contributed by atoms with Crippen LogP contribution in [0.3, 0.4) is 0 Å². The normalized spacial score (nSPS) is 18.1. The third kappa shape index (κ3) is 3.80. The average Bonchev–Trinajstić information content (AvgIpc) is 2.64. The van der Waals surface area contributed by atoms with Crippen LogP contribution < -0.4 is 5.19 Å². The molecular formula is C23H28Si. The molecule has 0 amide bonds. The minimum atomic E-state index is -1.56. The summed E-state index contributed by atoms with van der Waals surface area (Å²) in [6, 6.07) is 22.0. The van der Waals surface area contributed by atoms with E-state index in [1.165, 1.54) is 47.2 Å². The van der Waals surface area contributed by atoms with Crippen molar-refractivity contribution in [3.8, 4) is 0 Å². The minimum absolute atomic E-state index is 0.733. The van der Waals surface area contributed by atoms with Crippen LogP contribution in [0.15, 0.2) is 77.2 Å². The lowest BCUT2D eigenvalue weighted by Gasteiger charge is -2.25. The third-order valence-corrected chi connectivity index (χ3v) is 9.43. The lowest BCUT2D eigenvalue weighted by molar-refractivity contribution is 0.517. The third-order valence-electron chi connectivity index (χ3n) is 5.66. The van der Waals surface area contributed by atoms with Crippen molar-refractivity contribution in [2.75, 3.05) is 0 Å². The number of benzene rings is 2. The zero-order valence-electron chi connectivity index (χ0n) is 15.2.